The van der Waals surface area contributed by atoms with Crippen LogP contribution in [0.5, 0.6) is 0 Å². The molecule has 0 saturated heterocycles. The van der Waals surface area contributed by atoms with E-state index in [1.165, 1.54) is 0 Å². The summed E-state index contributed by atoms with van der Waals surface area (Å²) < 4.78 is 10.9. The maximum absolute atomic E-state index is 8.25. The Morgan fingerprint density at radius 3 is 1.26 bits per heavy atom. The summed E-state index contributed by atoms with van der Waals surface area (Å²) in [5.41, 5.74) is 1.71. The smallest absolute Gasteiger partial charge is 0.400 e. The van der Waals surface area contributed by atoms with Crippen LogP contribution in [0, 0.1) is 84.6 Å². The van der Waals surface area contributed by atoms with Gasteiger partial charge in [0.15, 0.2) is 0 Å². The van der Waals surface area contributed by atoms with Gasteiger partial charge in [0, 0.05) is 31.9 Å². The second kappa shape index (κ2) is 34.4. The van der Waals surface area contributed by atoms with Crippen LogP contribution >= 0.6 is 0 Å². The third-order valence-electron chi connectivity index (χ3n) is 2.92. The number of rotatable bonds is 11. The second-order valence-corrected chi connectivity index (χ2v) is 5.48. The van der Waals surface area contributed by atoms with Crippen molar-refractivity contribution in [1.29, 1.82) is 0 Å². The molecule has 0 aromatic carbocycles. The average Bonchev–Trinajstić information content (AvgIpc) is 2.86. The first-order valence-corrected chi connectivity index (χ1v) is 10.0. The molecule has 218 valence electrons. The van der Waals surface area contributed by atoms with Gasteiger partial charge in [-0.3, -0.25) is 20.0 Å². The molecular weight excluding hydrogens is 677 g/mol. The van der Waals surface area contributed by atoms with Crippen molar-refractivity contribution in [2.75, 3.05) is 46.6 Å². The number of aliphatic imine (C=N–C) groups is 2. The van der Waals surface area contributed by atoms with Gasteiger partial charge in [-0.15, -0.1) is 0 Å². The zero-order chi connectivity index (χ0) is 29.4. The van der Waals surface area contributed by atoms with Crippen molar-refractivity contribution in [3.8, 4) is 0 Å². The topological polar surface area (TPSA) is 288 Å². The Balaban J connectivity index is -0.000000341. The fourth-order valence-electron chi connectivity index (χ4n) is 1.78. The quantitative estimate of drug-likeness (QED) is 0.147. The Labute approximate surface area is 252 Å². The van der Waals surface area contributed by atoms with Gasteiger partial charge in [-0.05, 0) is 24.3 Å². The van der Waals surface area contributed by atoms with E-state index in [9.17, 15) is 0 Å². The van der Waals surface area contributed by atoms with E-state index in [0.717, 1.165) is 18.5 Å². The molecule has 20 heteroatoms. The van der Waals surface area contributed by atoms with Crippen LogP contribution in [-0.4, -0.2) is 89.4 Å². The minimum absolute atomic E-state index is 0. The van der Waals surface area contributed by atoms with Gasteiger partial charge in [-0.25, -0.2) is 0 Å². The number of aliphatic hydroxyl groups excluding tert-OH is 1. The van der Waals surface area contributed by atoms with E-state index in [2.05, 4.69) is 20.0 Å². The van der Waals surface area contributed by atoms with E-state index >= 15 is 0 Å². The van der Waals surface area contributed by atoms with Crippen LogP contribution in [-0.2, 0) is 9.47 Å². The molecule has 19 nitrogen and oxygen atoms in total. The monoisotopic (exact) mass is 703 g/mol. The van der Waals surface area contributed by atoms with Crippen molar-refractivity contribution in [3.63, 3.8) is 0 Å². The maximum Gasteiger partial charge on any atom is 3.00 e. The number of pyridine rings is 2. The predicted octanol–water partition coefficient (Wildman–Crippen LogP) is 0.939. The molecule has 0 radical (unpaired) electrons. The van der Waals surface area contributed by atoms with E-state index in [1.54, 1.807) is 24.8 Å². The molecule has 0 aliphatic rings. The van der Waals surface area contributed by atoms with Gasteiger partial charge in [-0.2, -0.15) is 0 Å². The first-order chi connectivity index (χ1) is 18.1. The number of ether oxygens (including phenoxy) is 2. The van der Waals surface area contributed by atoms with E-state index in [1.807, 2.05) is 36.4 Å². The van der Waals surface area contributed by atoms with Crippen molar-refractivity contribution in [3.05, 3.63) is 106 Å². The van der Waals surface area contributed by atoms with Crippen LogP contribution in [0.15, 0.2) is 58.8 Å². The summed E-state index contributed by atoms with van der Waals surface area (Å²) in [7, 11) is 1.00. The summed E-state index contributed by atoms with van der Waals surface area (Å²) in [6, 6.07) is 11.4. The van der Waals surface area contributed by atoms with Crippen molar-refractivity contribution < 1.29 is 68.5 Å². The van der Waals surface area contributed by atoms with E-state index < -0.39 is 15.3 Å². The Kier molecular flexibility index (Phi) is 37.5. The Hall–Kier alpha value is -3.59. The molecular formula is C19H26N7O12Tb. The molecule has 0 amide bonds. The minimum atomic E-state index is -1.75. The predicted molar refractivity (Wildman–Crippen MR) is 134 cm³/mol. The summed E-state index contributed by atoms with van der Waals surface area (Å²) in [6.07, 6.45) is 6.99. The van der Waals surface area contributed by atoms with Crippen molar-refractivity contribution in [2.45, 2.75) is 0 Å². The average molecular weight is 703 g/mol. The normalized spacial score (nSPS) is 9.08. The van der Waals surface area contributed by atoms with Gasteiger partial charge < -0.3 is 60.5 Å². The van der Waals surface area contributed by atoms with E-state index in [-0.39, 0.29) is 38.6 Å². The standard InChI is InChI=1S/C18H22N4O2.CH4O.3NO3.Tb/c1-3-7-21-17(5-1)15-19-9-11-23-13-14-24-12-10-20-16-18-6-2-4-8-22-18;1-2;3*2-1(3)4;/h1-8,15-16H,9-14H2;2H,1H3;;;;/q;;3*-1;+3. The summed E-state index contributed by atoms with van der Waals surface area (Å²) in [6.45, 7) is 3.50. The molecule has 0 aliphatic heterocycles. The van der Waals surface area contributed by atoms with Gasteiger partial charge >= 0.3 is 38.6 Å². The Bertz CT molecular complexity index is 801. The summed E-state index contributed by atoms with van der Waals surface area (Å²) in [5.74, 6) is 0. The number of nitrogens with zero attached hydrogens (tertiary/aromatic N) is 7. The third kappa shape index (κ3) is 48.1. The van der Waals surface area contributed by atoms with Gasteiger partial charge in [-0.1, -0.05) is 12.1 Å². The molecule has 1 N–H and O–H groups in total. The second-order valence-electron chi connectivity index (χ2n) is 5.48. The van der Waals surface area contributed by atoms with Gasteiger partial charge in [0.25, 0.3) is 0 Å². The zero-order valence-corrected chi connectivity index (χ0v) is 22.6. The summed E-state index contributed by atoms with van der Waals surface area (Å²) in [5, 5.41) is 51.2. The fraction of sp³-hybridized carbons (Fsp3) is 0.368. The molecule has 2 rings (SSSR count). The van der Waals surface area contributed by atoms with Crippen LogP contribution in [0.1, 0.15) is 11.4 Å². The van der Waals surface area contributed by atoms with E-state index in [4.69, 9.17) is 60.5 Å². The first kappa shape index (κ1) is 42.5. The number of aromatic nitrogens is 2. The van der Waals surface area contributed by atoms with Gasteiger partial charge in [0.1, 0.15) is 0 Å². The SMILES string of the molecule is C(=NCCOCCOCCN=Cc1ccccn1)c1ccccn1.CO.O=[N+]([O-])[O-].O=[N+]([O-])[O-].O=[N+]([O-])[O-].[Tb+3]. The Morgan fingerprint density at radius 1 is 0.692 bits per heavy atom. The van der Waals surface area contributed by atoms with Crippen LogP contribution < -0.4 is 0 Å². The molecule has 0 bridgehead atoms. The molecule has 2 heterocycles. The molecule has 0 atom stereocenters. The summed E-state index contributed by atoms with van der Waals surface area (Å²) >= 11 is 0. The molecule has 39 heavy (non-hydrogen) atoms. The number of aliphatic hydroxyl groups is 1. The molecule has 0 saturated carbocycles. The molecule has 0 unspecified atom stereocenters. The van der Waals surface area contributed by atoms with Crippen LogP contribution in [0.25, 0.3) is 0 Å². The van der Waals surface area contributed by atoms with Crippen molar-refractivity contribution >= 4 is 12.4 Å². The largest absolute Gasteiger partial charge is 3.00 e. The third-order valence-corrected chi connectivity index (χ3v) is 2.92. The maximum atomic E-state index is 8.25. The van der Waals surface area contributed by atoms with Crippen LogP contribution in [0.2, 0.25) is 0 Å². The summed E-state index contributed by atoms with van der Waals surface area (Å²) in [4.78, 5) is 41.6. The molecule has 0 fully saturated rings. The zero-order valence-electron chi connectivity index (χ0n) is 20.4. The van der Waals surface area contributed by atoms with Crippen molar-refractivity contribution in [2.24, 2.45) is 9.98 Å². The fourth-order valence-corrected chi connectivity index (χ4v) is 1.78. The Morgan fingerprint density at radius 2 is 1.00 bits per heavy atom. The minimum Gasteiger partial charge on any atom is -0.400 e. The molecule has 0 aliphatic carbocycles. The molecule has 2 aromatic rings. The number of hydrogen-bond donors (Lipinski definition) is 1. The first-order valence-electron chi connectivity index (χ1n) is 10.0. The van der Waals surface area contributed by atoms with Gasteiger partial charge in [0.2, 0.25) is 0 Å². The van der Waals surface area contributed by atoms with Crippen molar-refractivity contribution in [1.82, 2.24) is 9.97 Å². The molecule has 2 aromatic heterocycles. The number of hydrogen-bond acceptors (Lipinski definition) is 16. The molecule has 0 spiro atoms. The van der Waals surface area contributed by atoms with Gasteiger partial charge in [0.05, 0.1) is 66.2 Å². The van der Waals surface area contributed by atoms with Crippen LogP contribution in [0.3, 0.4) is 0 Å². The van der Waals surface area contributed by atoms with E-state index in [0.29, 0.717) is 39.5 Å². The van der Waals surface area contributed by atoms with Crippen LogP contribution in [0.4, 0.5) is 0 Å².